The highest BCUT2D eigenvalue weighted by molar-refractivity contribution is 4.66. The fourth-order valence-corrected chi connectivity index (χ4v) is 1.27. The van der Waals surface area contributed by atoms with Crippen molar-refractivity contribution >= 4 is 0 Å². The highest BCUT2D eigenvalue weighted by atomic mass is 15.1. The van der Waals surface area contributed by atoms with Gasteiger partial charge in [-0.25, -0.2) is 0 Å². The second kappa shape index (κ2) is 9.75. The van der Waals surface area contributed by atoms with Gasteiger partial charge < -0.3 is 10.2 Å². The van der Waals surface area contributed by atoms with Gasteiger partial charge in [0, 0.05) is 0 Å². The second-order valence-corrected chi connectivity index (χ2v) is 3.44. The molecule has 0 atom stereocenters. The maximum Gasteiger partial charge on any atom is -0.000969 e. The molecule has 0 aromatic rings. The molecule has 0 fully saturated rings. The third-order valence-electron chi connectivity index (χ3n) is 2.09. The Bertz CT molecular complexity index is 113. The van der Waals surface area contributed by atoms with E-state index in [9.17, 15) is 0 Å². The summed E-state index contributed by atoms with van der Waals surface area (Å²) in [5.41, 5.74) is 0. The van der Waals surface area contributed by atoms with Crippen molar-refractivity contribution in [3.8, 4) is 0 Å². The summed E-state index contributed by atoms with van der Waals surface area (Å²) in [5, 5.41) is 3.33. The van der Waals surface area contributed by atoms with Gasteiger partial charge in [-0.05, 0) is 52.5 Å². The van der Waals surface area contributed by atoms with Gasteiger partial charge in [0.05, 0.1) is 0 Å². The Balaban J connectivity index is 3.09. The quantitative estimate of drug-likeness (QED) is 0.435. The predicted molar refractivity (Wildman–Crippen MR) is 60.1 cm³/mol. The first-order chi connectivity index (χ1) is 6.31. The summed E-state index contributed by atoms with van der Waals surface area (Å²) in [6.45, 7) is 10.5. The zero-order chi connectivity index (χ0) is 9.94. The van der Waals surface area contributed by atoms with Crippen LogP contribution in [0.25, 0.3) is 0 Å². The molecule has 0 amide bonds. The van der Waals surface area contributed by atoms with Crippen molar-refractivity contribution in [2.45, 2.75) is 26.2 Å². The summed E-state index contributed by atoms with van der Waals surface area (Å²) < 4.78 is 0. The number of unbranched alkanes of at least 4 members (excludes halogenated alkanes) is 1. The lowest BCUT2D eigenvalue weighted by atomic mass is 10.3. The Labute approximate surface area is 83.0 Å². The Hall–Kier alpha value is -0.340. The van der Waals surface area contributed by atoms with Crippen LogP contribution in [-0.4, -0.2) is 38.1 Å². The molecule has 78 valence electrons. The van der Waals surface area contributed by atoms with Crippen LogP contribution in [0.4, 0.5) is 0 Å². The van der Waals surface area contributed by atoms with Crippen molar-refractivity contribution in [2.75, 3.05) is 33.2 Å². The Morgan fingerprint density at radius 2 is 2.00 bits per heavy atom. The van der Waals surface area contributed by atoms with Crippen molar-refractivity contribution in [2.24, 2.45) is 0 Å². The molecular formula is C11H24N2. The van der Waals surface area contributed by atoms with Gasteiger partial charge in [-0.1, -0.05) is 13.0 Å². The van der Waals surface area contributed by atoms with Crippen LogP contribution in [0.3, 0.4) is 0 Å². The predicted octanol–water partition coefficient (Wildman–Crippen LogP) is 1.88. The SMILES string of the molecule is C=CCCCN(C)CCCNCC. The minimum absolute atomic E-state index is 1.08. The second-order valence-electron chi connectivity index (χ2n) is 3.44. The molecule has 0 bridgehead atoms. The molecule has 0 rings (SSSR count). The number of nitrogens with zero attached hydrogens (tertiary/aromatic N) is 1. The first-order valence-corrected chi connectivity index (χ1v) is 5.31. The molecule has 13 heavy (non-hydrogen) atoms. The van der Waals surface area contributed by atoms with Crippen molar-refractivity contribution in [1.29, 1.82) is 0 Å². The molecule has 0 aromatic heterocycles. The smallest absolute Gasteiger partial charge is 0.000969 e. The van der Waals surface area contributed by atoms with Gasteiger partial charge in [0.25, 0.3) is 0 Å². The molecule has 2 heteroatoms. The number of hydrogen-bond donors (Lipinski definition) is 1. The van der Waals surface area contributed by atoms with Crippen molar-refractivity contribution < 1.29 is 0 Å². The largest absolute Gasteiger partial charge is 0.317 e. The highest BCUT2D eigenvalue weighted by Crippen LogP contribution is 1.94. The lowest BCUT2D eigenvalue weighted by Gasteiger charge is -2.15. The fourth-order valence-electron chi connectivity index (χ4n) is 1.27. The number of allylic oxidation sites excluding steroid dienone is 1. The van der Waals surface area contributed by atoms with E-state index in [4.69, 9.17) is 0 Å². The van der Waals surface area contributed by atoms with Crippen LogP contribution in [-0.2, 0) is 0 Å². The first kappa shape index (κ1) is 12.7. The molecule has 0 unspecified atom stereocenters. The van der Waals surface area contributed by atoms with Crippen LogP contribution in [0.1, 0.15) is 26.2 Å². The van der Waals surface area contributed by atoms with Gasteiger partial charge in [0.1, 0.15) is 0 Å². The zero-order valence-corrected chi connectivity index (χ0v) is 9.18. The normalized spacial score (nSPS) is 10.7. The Morgan fingerprint density at radius 1 is 1.31 bits per heavy atom. The van der Waals surface area contributed by atoms with E-state index in [1.54, 1.807) is 0 Å². The van der Waals surface area contributed by atoms with Crippen LogP contribution in [0.2, 0.25) is 0 Å². The molecule has 0 radical (unpaired) electrons. The molecule has 1 N–H and O–H groups in total. The van der Waals surface area contributed by atoms with E-state index in [1.165, 1.54) is 25.9 Å². The first-order valence-electron chi connectivity index (χ1n) is 5.31. The summed E-state index contributed by atoms with van der Waals surface area (Å²) in [4.78, 5) is 2.39. The molecular weight excluding hydrogens is 160 g/mol. The standard InChI is InChI=1S/C11H24N2/c1-4-6-7-10-13(3)11-8-9-12-5-2/h4,12H,1,5-11H2,2-3H3. The van der Waals surface area contributed by atoms with E-state index in [0.29, 0.717) is 0 Å². The number of nitrogens with one attached hydrogen (secondary N) is 1. The Morgan fingerprint density at radius 3 is 2.62 bits per heavy atom. The van der Waals surface area contributed by atoms with E-state index >= 15 is 0 Å². The highest BCUT2D eigenvalue weighted by Gasteiger charge is 1.95. The van der Waals surface area contributed by atoms with Gasteiger partial charge in [-0.15, -0.1) is 6.58 Å². The van der Waals surface area contributed by atoms with Crippen LogP contribution in [0.15, 0.2) is 12.7 Å². The van der Waals surface area contributed by atoms with Crippen LogP contribution < -0.4 is 5.32 Å². The van der Waals surface area contributed by atoms with Crippen molar-refractivity contribution in [1.82, 2.24) is 10.2 Å². The maximum atomic E-state index is 3.72. The van der Waals surface area contributed by atoms with Gasteiger partial charge in [-0.3, -0.25) is 0 Å². The third kappa shape index (κ3) is 9.57. The summed E-state index contributed by atoms with van der Waals surface area (Å²) in [7, 11) is 2.19. The monoisotopic (exact) mass is 184 g/mol. The van der Waals surface area contributed by atoms with Gasteiger partial charge in [0.2, 0.25) is 0 Å². The summed E-state index contributed by atoms with van der Waals surface area (Å²) in [6.07, 6.45) is 5.61. The van der Waals surface area contributed by atoms with E-state index in [-0.39, 0.29) is 0 Å². The summed E-state index contributed by atoms with van der Waals surface area (Å²) in [5.74, 6) is 0. The molecule has 0 saturated heterocycles. The molecule has 0 saturated carbocycles. The zero-order valence-electron chi connectivity index (χ0n) is 9.18. The van der Waals surface area contributed by atoms with E-state index in [0.717, 1.165) is 19.5 Å². The fraction of sp³-hybridized carbons (Fsp3) is 0.818. The van der Waals surface area contributed by atoms with Gasteiger partial charge in [0.15, 0.2) is 0 Å². The van der Waals surface area contributed by atoms with Crippen LogP contribution in [0, 0.1) is 0 Å². The molecule has 0 aliphatic rings. The third-order valence-corrected chi connectivity index (χ3v) is 2.09. The lowest BCUT2D eigenvalue weighted by molar-refractivity contribution is 0.324. The summed E-state index contributed by atoms with van der Waals surface area (Å²) >= 11 is 0. The Kier molecular flexibility index (Phi) is 9.49. The van der Waals surface area contributed by atoms with Crippen LogP contribution >= 0.6 is 0 Å². The minimum atomic E-state index is 1.08. The average Bonchev–Trinajstić information content (AvgIpc) is 2.13. The van der Waals surface area contributed by atoms with Gasteiger partial charge >= 0.3 is 0 Å². The van der Waals surface area contributed by atoms with Crippen molar-refractivity contribution in [3.63, 3.8) is 0 Å². The molecule has 2 nitrogen and oxygen atoms in total. The topological polar surface area (TPSA) is 15.3 Å². The molecule has 0 aromatic carbocycles. The van der Waals surface area contributed by atoms with Crippen LogP contribution in [0.5, 0.6) is 0 Å². The summed E-state index contributed by atoms with van der Waals surface area (Å²) in [6, 6.07) is 0. The maximum absolute atomic E-state index is 3.72. The molecule has 0 spiro atoms. The average molecular weight is 184 g/mol. The van der Waals surface area contributed by atoms with Gasteiger partial charge in [-0.2, -0.15) is 0 Å². The molecule has 0 aliphatic carbocycles. The van der Waals surface area contributed by atoms with Crippen molar-refractivity contribution in [3.05, 3.63) is 12.7 Å². The number of hydrogen-bond acceptors (Lipinski definition) is 2. The van der Waals surface area contributed by atoms with E-state index in [2.05, 4.69) is 30.8 Å². The van der Waals surface area contributed by atoms with E-state index in [1.807, 2.05) is 6.08 Å². The lowest BCUT2D eigenvalue weighted by Crippen LogP contribution is -2.24. The van der Waals surface area contributed by atoms with E-state index < -0.39 is 0 Å². The molecule has 0 heterocycles. The number of rotatable bonds is 9. The molecule has 0 aliphatic heterocycles. The minimum Gasteiger partial charge on any atom is -0.317 e.